The van der Waals surface area contributed by atoms with Crippen LogP contribution in [0.3, 0.4) is 0 Å². The van der Waals surface area contributed by atoms with E-state index in [4.69, 9.17) is 9.47 Å². The smallest absolute Gasteiger partial charge is 0.271 e. The number of carbonyl (C=O) groups excluding carboxylic acids is 2. The third-order valence-corrected chi connectivity index (χ3v) is 6.72. The highest BCUT2D eigenvalue weighted by Crippen LogP contribution is 2.34. The average molecular weight is 465 g/mol. The molecule has 0 saturated heterocycles. The van der Waals surface area contributed by atoms with Gasteiger partial charge in [-0.25, -0.2) is 0 Å². The minimum absolute atomic E-state index is 0.0450. The summed E-state index contributed by atoms with van der Waals surface area (Å²) in [6.07, 6.45) is 12.5. The first-order valence-corrected chi connectivity index (χ1v) is 12.5. The molecular formula is C28H36N2O4. The molecule has 2 aliphatic rings. The SMILES string of the molecule is CCCCCCCCOc1ccc(/C=C2/C(=O)N(C3CCCC3)C(=O)C(C#N)=C2C)cc1OC. The predicted octanol–water partition coefficient (Wildman–Crippen LogP) is 5.97. The zero-order chi connectivity index (χ0) is 24.5. The number of methoxy groups -OCH3 is 1. The number of unbranched alkanes of at least 4 members (excludes halogenated alkanes) is 5. The number of hydrogen-bond acceptors (Lipinski definition) is 5. The summed E-state index contributed by atoms with van der Waals surface area (Å²) >= 11 is 0. The van der Waals surface area contributed by atoms with Crippen LogP contribution in [0, 0.1) is 11.3 Å². The van der Waals surface area contributed by atoms with Gasteiger partial charge in [0.15, 0.2) is 11.5 Å². The molecule has 1 aliphatic carbocycles. The van der Waals surface area contributed by atoms with E-state index in [0.717, 1.165) is 44.1 Å². The Balaban J connectivity index is 1.78. The third kappa shape index (κ3) is 5.88. The van der Waals surface area contributed by atoms with E-state index < -0.39 is 5.91 Å². The number of amides is 2. The summed E-state index contributed by atoms with van der Waals surface area (Å²) in [6, 6.07) is 7.43. The summed E-state index contributed by atoms with van der Waals surface area (Å²) in [7, 11) is 1.59. The average Bonchev–Trinajstić information content (AvgIpc) is 3.36. The van der Waals surface area contributed by atoms with E-state index in [1.807, 2.05) is 24.3 Å². The molecule has 182 valence electrons. The number of rotatable bonds is 11. The highest BCUT2D eigenvalue weighted by Gasteiger charge is 2.40. The Hall–Kier alpha value is -3.07. The van der Waals surface area contributed by atoms with Crippen molar-refractivity contribution in [2.45, 2.75) is 84.1 Å². The third-order valence-electron chi connectivity index (χ3n) is 6.72. The maximum Gasteiger partial charge on any atom is 0.271 e. The fourth-order valence-electron chi connectivity index (χ4n) is 4.72. The molecule has 1 heterocycles. The first-order valence-electron chi connectivity index (χ1n) is 12.5. The van der Waals surface area contributed by atoms with E-state index in [1.54, 1.807) is 20.1 Å². The van der Waals surface area contributed by atoms with Crippen LogP contribution in [0.2, 0.25) is 0 Å². The second kappa shape index (κ2) is 12.4. The standard InChI is InChI=1S/C28H36N2O4/c1-4-5-6-7-8-11-16-34-25-15-14-21(18-26(25)33-3)17-23-20(2)24(19-29)28(32)30(27(23)31)22-12-9-10-13-22/h14-15,17-18,22H,4-13,16H2,1-3H3/b23-17+. The highest BCUT2D eigenvalue weighted by atomic mass is 16.5. The molecule has 0 spiro atoms. The van der Waals surface area contributed by atoms with Gasteiger partial charge < -0.3 is 9.47 Å². The lowest BCUT2D eigenvalue weighted by molar-refractivity contribution is -0.143. The second-order valence-corrected chi connectivity index (χ2v) is 9.11. The van der Waals surface area contributed by atoms with Gasteiger partial charge in [0.1, 0.15) is 11.6 Å². The maximum atomic E-state index is 13.3. The van der Waals surface area contributed by atoms with Crippen LogP contribution >= 0.6 is 0 Å². The van der Waals surface area contributed by atoms with Crippen LogP contribution in [0.1, 0.15) is 83.6 Å². The number of imide groups is 1. The molecule has 0 bridgehead atoms. The monoisotopic (exact) mass is 464 g/mol. The molecule has 1 fully saturated rings. The van der Waals surface area contributed by atoms with Crippen molar-refractivity contribution in [2.24, 2.45) is 0 Å². The van der Waals surface area contributed by atoms with E-state index >= 15 is 0 Å². The minimum atomic E-state index is -0.468. The summed E-state index contributed by atoms with van der Waals surface area (Å²) in [5.74, 6) is 0.469. The predicted molar refractivity (Wildman–Crippen MR) is 132 cm³/mol. The summed E-state index contributed by atoms with van der Waals surface area (Å²) < 4.78 is 11.5. The first kappa shape index (κ1) is 25.6. The molecular weight excluding hydrogens is 428 g/mol. The maximum absolute atomic E-state index is 13.3. The highest BCUT2D eigenvalue weighted by molar-refractivity contribution is 6.19. The van der Waals surface area contributed by atoms with Gasteiger partial charge in [0.2, 0.25) is 0 Å². The number of benzene rings is 1. The van der Waals surface area contributed by atoms with Crippen molar-refractivity contribution >= 4 is 17.9 Å². The fourth-order valence-corrected chi connectivity index (χ4v) is 4.72. The van der Waals surface area contributed by atoms with Crippen molar-refractivity contribution in [3.8, 4) is 17.6 Å². The molecule has 0 N–H and O–H groups in total. The van der Waals surface area contributed by atoms with Gasteiger partial charge in [0.05, 0.1) is 13.7 Å². The normalized spacial score (nSPS) is 18.1. The number of nitrogens with zero attached hydrogens (tertiary/aromatic N) is 2. The second-order valence-electron chi connectivity index (χ2n) is 9.11. The first-order chi connectivity index (χ1) is 16.5. The van der Waals surface area contributed by atoms with E-state index in [0.29, 0.717) is 29.3 Å². The van der Waals surface area contributed by atoms with Gasteiger partial charge in [0.25, 0.3) is 11.8 Å². The van der Waals surface area contributed by atoms with Gasteiger partial charge in [-0.05, 0) is 55.5 Å². The molecule has 6 heteroatoms. The van der Waals surface area contributed by atoms with E-state index in [1.165, 1.54) is 30.6 Å². The Morgan fingerprint density at radius 2 is 1.76 bits per heavy atom. The Labute approximate surface area is 203 Å². The van der Waals surface area contributed by atoms with Crippen LogP contribution in [0.5, 0.6) is 11.5 Å². The van der Waals surface area contributed by atoms with E-state index in [9.17, 15) is 14.9 Å². The molecule has 6 nitrogen and oxygen atoms in total. The van der Waals surface area contributed by atoms with Gasteiger partial charge in [-0.1, -0.05) is 57.9 Å². The molecule has 0 atom stereocenters. The van der Waals surface area contributed by atoms with Gasteiger partial charge in [-0.2, -0.15) is 5.26 Å². The van der Waals surface area contributed by atoms with Crippen LogP contribution in [-0.2, 0) is 9.59 Å². The number of ether oxygens (including phenoxy) is 2. The Bertz CT molecular complexity index is 996. The number of carbonyl (C=O) groups is 2. The molecule has 1 aliphatic heterocycles. The molecule has 0 aromatic heterocycles. The van der Waals surface area contributed by atoms with Crippen molar-refractivity contribution < 1.29 is 19.1 Å². The quantitative estimate of drug-likeness (QED) is 0.229. The van der Waals surface area contributed by atoms with E-state index in [-0.39, 0.29) is 17.5 Å². The zero-order valence-corrected chi connectivity index (χ0v) is 20.7. The van der Waals surface area contributed by atoms with Crippen molar-refractivity contribution in [1.82, 2.24) is 4.90 Å². The summed E-state index contributed by atoms with van der Waals surface area (Å²) in [4.78, 5) is 27.5. The van der Waals surface area contributed by atoms with Gasteiger partial charge in [-0.15, -0.1) is 0 Å². The molecule has 1 saturated carbocycles. The number of nitriles is 1. The van der Waals surface area contributed by atoms with Crippen LogP contribution in [-0.4, -0.2) is 36.5 Å². The van der Waals surface area contributed by atoms with Crippen LogP contribution < -0.4 is 9.47 Å². The number of hydrogen-bond donors (Lipinski definition) is 0. The molecule has 0 unspecified atom stereocenters. The molecule has 1 aromatic rings. The molecule has 1 aromatic carbocycles. The summed E-state index contributed by atoms with van der Waals surface area (Å²) in [5.41, 5.74) is 1.60. The summed E-state index contributed by atoms with van der Waals surface area (Å²) in [6.45, 7) is 4.51. The van der Waals surface area contributed by atoms with Crippen LogP contribution in [0.25, 0.3) is 6.08 Å². The van der Waals surface area contributed by atoms with Gasteiger partial charge in [-0.3, -0.25) is 14.5 Å². The van der Waals surface area contributed by atoms with Crippen molar-refractivity contribution in [2.75, 3.05) is 13.7 Å². The zero-order valence-electron chi connectivity index (χ0n) is 20.7. The molecule has 34 heavy (non-hydrogen) atoms. The summed E-state index contributed by atoms with van der Waals surface area (Å²) in [5, 5.41) is 9.61. The molecule has 3 rings (SSSR count). The lowest BCUT2D eigenvalue weighted by Gasteiger charge is -2.32. The molecule has 2 amide bonds. The Morgan fingerprint density at radius 1 is 1.06 bits per heavy atom. The topological polar surface area (TPSA) is 79.6 Å². The Morgan fingerprint density at radius 3 is 2.44 bits per heavy atom. The Kier molecular flexibility index (Phi) is 9.33. The van der Waals surface area contributed by atoms with Crippen LogP contribution in [0.4, 0.5) is 0 Å². The largest absolute Gasteiger partial charge is 0.493 e. The van der Waals surface area contributed by atoms with Gasteiger partial charge in [0, 0.05) is 11.6 Å². The van der Waals surface area contributed by atoms with Crippen molar-refractivity contribution in [1.29, 1.82) is 5.26 Å². The molecule has 0 radical (unpaired) electrons. The minimum Gasteiger partial charge on any atom is -0.493 e. The van der Waals surface area contributed by atoms with E-state index in [2.05, 4.69) is 6.92 Å². The van der Waals surface area contributed by atoms with Crippen molar-refractivity contribution in [3.63, 3.8) is 0 Å². The van der Waals surface area contributed by atoms with Gasteiger partial charge >= 0.3 is 0 Å². The van der Waals surface area contributed by atoms with Crippen LogP contribution in [0.15, 0.2) is 34.9 Å². The fraction of sp³-hybridized carbons (Fsp3) is 0.536. The van der Waals surface area contributed by atoms with Crippen molar-refractivity contribution in [3.05, 3.63) is 40.5 Å². The lowest BCUT2D eigenvalue weighted by Crippen LogP contribution is -2.47. The lowest BCUT2D eigenvalue weighted by atomic mass is 9.92.